The fourth-order valence-corrected chi connectivity index (χ4v) is 3.04. The number of nitrogens with one attached hydrogen (secondary N) is 1. The molecule has 1 aliphatic rings. The van der Waals surface area contributed by atoms with E-state index in [1.165, 1.54) is 5.56 Å². The Balaban J connectivity index is 1.35. The zero-order valence-corrected chi connectivity index (χ0v) is 16.8. The van der Waals surface area contributed by atoms with Crippen molar-refractivity contribution in [2.45, 2.75) is 46.1 Å². The lowest BCUT2D eigenvalue weighted by Gasteiger charge is -2.11. The van der Waals surface area contributed by atoms with Crippen LogP contribution in [0.1, 0.15) is 42.4 Å². The van der Waals surface area contributed by atoms with Crippen molar-refractivity contribution >= 4 is 5.91 Å². The van der Waals surface area contributed by atoms with Crippen LogP contribution in [0.15, 0.2) is 36.4 Å². The van der Waals surface area contributed by atoms with Crippen LogP contribution in [0.5, 0.6) is 17.2 Å². The molecule has 5 heteroatoms. The molecule has 0 fully saturated rings. The zero-order valence-electron chi connectivity index (χ0n) is 16.8. The summed E-state index contributed by atoms with van der Waals surface area (Å²) in [6.07, 6.45) is 3.04. The molecule has 5 nitrogen and oxygen atoms in total. The third-order valence-electron chi connectivity index (χ3n) is 4.70. The third kappa shape index (κ3) is 5.91. The lowest BCUT2D eigenvalue weighted by Crippen LogP contribution is -2.22. The summed E-state index contributed by atoms with van der Waals surface area (Å²) in [7, 11) is 0. The molecule has 150 valence electrons. The van der Waals surface area contributed by atoms with E-state index in [4.69, 9.17) is 14.2 Å². The minimum atomic E-state index is 0.0545. The van der Waals surface area contributed by atoms with Gasteiger partial charge in [0.2, 0.25) is 5.91 Å². The van der Waals surface area contributed by atoms with Crippen molar-refractivity contribution in [2.24, 2.45) is 0 Å². The van der Waals surface area contributed by atoms with Crippen LogP contribution < -0.4 is 19.5 Å². The van der Waals surface area contributed by atoms with Gasteiger partial charge in [0.25, 0.3) is 0 Å². The molecule has 28 heavy (non-hydrogen) atoms. The van der Waals surface area contributed by atoms with Crippen LogP contribution >= 0.6 is 0 Å². The monoisotopic (exact) mass is 383 g/mol. The normalized spacial score (nSPS) is 12.9. The molecule has 3 rings (SSSR count). The van der Waals surface area contributed by atoms with Crippen molar-refractivity contribution in [1.82, 2.24) is 5.32 Å². The number of hydrogen-bond donors (Lipinski definition) is 1. The number of hydrogen-bond acceptors (Lipinski definition) is 4. The number of amides is 1. The molecule has 0 atom stereocenters. The lowest BCUT2D eigenvalue weighted by molar-refractivity contribution is -0.121. The maximum atomic E-state index is 12.1. The second-order valence-corrected chi connectivity index (χ2v) is 7.18. The highest BCUT2D eigenvalue weighted by Crippen LogP contribution is 2.30. The summed E-state index contributed by atoms with van der Waals surface area (Å²) in [5.74, 6) is 2.52. The van der Waals surface area contributed by atoms with Crippen LogP contribution in [0.25, 0.3) is 0 Å². The van der Waals surface area contributed by atoms with E-state index in [1.807, 2.05) is 25.1 Å². The van der Waals surface area contributed by atoms with Crippen LogP contribution in [0, 0.1) is 13.8 Å². The highest BCUT2D eigenvalue weighted by atomic mass is 16.5. The van der Waals surface area contributed by atoms with E-state index < -0.39 is 0 Å². The minimum Gasteiger partial charge on any atom is -0.493 e. The molecule has 2 aromatic rings. The number of fused-ring (bicyclic) bond motifs is 1. The van der Waals surface area contributed by atoms with Crippen molar-refractivity contribution in [3.05, 3.63) is 53.1 Å². The quantitative estimate of drug-likeness (QED) is 0.690. The first kappa shape index (κ1) is 20.1. The predicted molar refractivity (Wildman–Crippen MR) is 109 cm³/mol. The molecular weight excluding hydrogens is 354 g/mol. The summed E-state index contributed by atoms with van der Waals surface area (Å²) < 4.78 is 17.1. The van der Waals surface area contributed by atoms with Gasteiger partial charge in [0.15, 0.2) is 11.5 Å². The Kier molecular flexibility index (Phi) is 7.18. The van der Waals surface area contributed by atoms with Crippen molar-refractivity contribution in [3.8, 4) is 17.2 Å². The average Bonchev–Trinajstić information content (AvgIpc) is 2.93. The first-order chi connectivity index (χ1) is 13.6. The van der Waals surface area contributed by atoms with Gasteiger partial charge < -0.3 is 19.5 Å². The van der Waals surface area contributed by atoms with Crippen LogP contribution in [0.4, 0.5) is 0 Å². The molecule has 2 aromatic carbocycles. The number of rotatable bonds is 8. The fraction of sp³-hybridized carbons (Fsp3) is 0.435. The second kappa shape index (κ2) is 10.0. The molecule has 1 aliphatic heterocycles. The predicted octanol–water partition coefficient (Wildman–Crippen LogP) is 4.33. The Morgan fingerprint density at radius 2 is 1.86 bits per heavy atom. The minimum absolute atomic E-state index is 0.0545. The van der Waals surface area contributed by atoms with Gasteiger partial charge in [-0.2, -0.15) is 0 Å². The molecule has 0 saturated carbocycles. The van der Waals surface area contributed by atoms with Gasteiger partial charge >= 0.3 is 0 Å². The van der Waals surface area contributed by atoms with E-state index in [1.54, 1.807) is 0 Å². The molecule has 1 heterocycles. The molecule has 1 amide bonds. The van der Waals surface area contributed by atoms with Crippen LogP contribution in [-0.4, -0.2) is 25.7 Å². The van der Waals surface area contributed by atoms with Gasteiger partial charge in [0.05, 0.1) is 19.8 Å². The van der Waals surface area contributed by atoms with E-state index in [-0.39, 0.29) is 5.91 Å². The molecule has 0 aromatic heterocycles. The Morgan fingerprint density at radius 3 is 2.71 bits per heavy atom. The van der Waals surface area contributed by atoms with Gasteiger partial charge in [-0.3, -0.25) is 4.79 Å². The summed E-state index contributed by atoms with van der Waals surface area (Å²) in [5.41, 5.74) is 3.34. The molecule has 0 unspecified atom stereocenters. The molecule has 0 spiro atoms. The van der Waals surface area contributed by atoms with Gasteiger partial charge in [0.1, 0.15) is 5.75 Å². The molecular formula is C23H29NO4. The number of ether oxygens (including phenoxy) is 3. The van der Waals surface area contributed by atoms with E-state index in [0.29, 0.717) is 32.8 Å². The van der Waals surface area contributed by atoms with Crippen molar-refractivity contribution in [3.63, 3.8) is 0 Å². The van der Waals surface area contributed by atoms with Crippen molar-refractivity contribution < 1.29 is 19.0 Å². The van der Waals surface area contributed by atoms with E-state index >= 15 is 0 Å². The second-order valence-electron chi connectivity index (χ2n) is 7.18. The van der Waals surface area contributed by atoms with Gasteiger partial charge in [-0.25, -0.2) is 0 Å². The van der Waals surface area contributed by atoms with Crippen molar-refractivity contribution in [2.75, 3.05) is 19.8 Å². The Hall–Kier alpha value is -2.69. The Morgan fingerprint density at radius 1 is 1.04 bits per heavy atom. The average molecular weight is 383 g/mol. The fourth-order valence-electron chi connectivity index (χ4n) is 3.04. The summed E-state index contributed by atoms with van der Waals surface area (Å²) in [6, 6.07) is 12.0. The standard InChI is InChI=1S/C23H29NO4/c1-17-7-8-18(2)21(14-17)27-11-4-3-6-23(25)24-16-19-9-10-20-22(15-19)28-13-5-12-26-20/h7-10,14-15H,3-6,11-13,16H2,1-2H3,(H,24,25). The van der Waals surface area contributed by atoms with Gasteiger partial charge in [0, 0.05) is 19.4 Å². The first-order valence-electron chi connectivity index (χ1n) is 9.97. The molecule has 0 aliphatic carbocycles. The topological polar surface area (TPSA) is 56.8 Å². The highest BCUT2D eigenvalue weighted by Gasteiger charge is 2.11. The summed E-state index contributed by atoms with van der Waals surface area (Å²) in [6.45, 7) is 6.55. The summed E-state index contributed by atoms with van der Waals surface area (Å²) >= 11 is 0. The molecule has 0 saturated heterocycles. The van der Waals surface area contributed by atoms with Gasteiger partial charge in [-0.1, -0.05) is 18.2 Å². The van der Waals surface area contributed by atoms with Gasteiger partial charge in [-0.15, -0.1) is 0 Å². The molecule has 0 bridgehead atoms. The largest absolute Gasteiger partial charge is 0.493 e. The lowest BCUT2D eigenvalue weighted by atomic mass is 10.1. The number of unbranched alkanes of at least 4 members (excludes halogenated alkanes) is 1. The van der Waals surface area contributed by atoms with Crippen LogP contribution in [0.2, 0.25) is 0 Å². The highest BCUT2D eigenvalue weighted by molar-refractivity contribution is 5.75. The van der Waals surface area contributed by atoms with E-state index in [9.17, 15) is 4.79 Å². The van der Waals surface area contributed by atoms with Crippen LogP contribution in [0.3, 0.4) is 0 Å². The zero-order chi connectivity index (χ0) is 19.8. The number of aryl methyl sites for hydroxylation is 2. The molecule has 1 N–H and O–H groups in total. The Bertz CT molecular complexity index is 803. The van der Waals surface area contributed by atoms with E-state index in [2.05, 4.69) is 30.4 Å². The third-order valence-corrected chi connectivity index (χ3v) is 4.70. The van der Waals surface area contributed by atoms with Gasteiger partial charge in [-0.05, 0) is 61.6 Å². The summed E-state index contributed by atoms with van der Waals surface area (Å²) in [5, 5.41) is 2.97. The summed E-state index contributed by atoms with van der Waals surface area (Å²) in [4.78, 5) is 12.1. The SMILES string of the molecule is Cc1ccc(C)c(OCCCCC(=O)NCc2ccc3c(c2)OCCCO3)c1. The van der Waals surface area contributed by atoms with Crippen LogP contribution in [-0.2, 0) is 11.3 Å². The molecule has 0 radical (unpaired) electrons. The number of carbonyl (C=O) groups is 1. The smallest absolute Gasteiger partial charge is 0.220 e. The van der Waals surface area contributed by atoms with E-state index in [0.717, 1.165) is 47.6 Å². The maximum Gasteiger partial charge on any atom is 0.220 e. The first-order valence-corrected chi connectivity index (χ1v) is 9.97. The number of benzene rings is 2. The maximum absolute atomic E-state index is 12.1. The Labute approximate surface area is 167 Å². The number of carbonyl (C=O) groups excluding carboxylic acids is 1. The van der Waals surface area contributed by atoms with Crippen molar-refractivity contribution in [1.29, 1.82) is 0 Å².